The Kier molecular flexibility index (Phi) is 6.53. The van der Waals surface area contributed by atoms with Crippen LogP contribution in [0.2, 0.25) is 0 Å². The number of hydrogen-bond donors (Lipinski definition) is 0. The summed E-state index contributed by atoms with van der Waals surface area (Å²) in [6.45, 7) is 6.89. The molecule has 1 amide bonds. The summed E-state index contributed by atoms with van der Waals surface area (Å²) in [7, 11) is -7.34. The number of nitrogens with zero attached hydrogens (tertiary/aromatic N) is 1. The maximum absolute atomic E-state index is 12.3. The molecule has 11 heteroatoms. The average molecular weight is 402 g/mol. The zero-order valence-corrected chi connectivity index (χ0v) is 17.1. The summed E-state index contributed by atoms with van der Waals surface area (Å²) in [5, 5.41) is 0. The molecule has 1 aliphatic heterocycles. The summed E-state index contributed by atoms with van der Waals surface area (Å²) in [6, 6.07) is 0. The molecular weight excluding hydrogens is 374 g/mol. The standard InChI is InChI=1S/C14H27NO8S2/c1-13(2,3)23-12(16)15-7-11(8-21-24(5,17)18)14(4,9-15)10-22-25(6,19)20/h11H,7-10H2,1-6H3/t11-,14-/m1/s1. The summed E-state index contributed by atoms with van der Waals surface area (Å²) < 4.78 is 60.2. The molecule has 1 aliphatic rings. The molecule has 9 nitrogen and oxygen atoms in total. The molecule has 1 fully saturated rings. The molecular formula is C14H27NO8S2. The second-order valence-electron chi connectivity index (χ2n) is 7.67. The van der Waals surface area contributed by atoms with Crippen LogP contribution in [-0.2, 0) is 33.3 Å². The van der Waals surface area contributed by atoms with Gasteiger partial charge in [0.2, 0.25) is 0 Å². The van der Waals surface area contributed by atoms with Gasteiger partial charge < -0.3 is 9.64 Å². The molecule has 148 valence electrons. The fourth-order valence-electron chi connectivity index (χ4n) is 2.45. The quantitative estimate of drug-likeness (QED) is 0.600. The molecule has 0 aromatic heterocycles. The Hall–Kier alpha value is -0.910. The Bertz CT molecular complexity index is 695. The SMILES string of the molecule is CC(C)(C)OC(=O)N1C[C@H](COS(C)(=O)=O)[C@@](C)(COS(C)(=O)=O)C1. The monoisotopic (exact) mass is 401 g/mol. The van der Waals surface area contributed by atoms with Crippen LogP contribution in [0.4, 0.5) is 4.79 Å². The first-order chi connectivity index (χ1) is 11.0. The highest BCUT2D eigenvalue weighted by molar-refractivity contribution is 7.86. The van der Waals surface area contributed by atoms with Crippen LogP contribution < -0.4 is 0 Å². The summed E-state index contributed by atoms with van der Waals surface area (Å²) in [5.41, 5.74) is -1.48. The number of rotatable bonds is 6. The molecule has 1 saturated heterocycles. The highest BCUT2D eigenvalue weighted by Crippen LogP contribution is 2.37. The predicted molar refractivity (Wildman–Crippen MR) is 91.0 cm³/mol. The number of likely N-dealkylation sites (tertiary alicyclic amines) is 1. The van der Waals surface area contributed by atoms with Gasteiger partial charge in [0.1, 0.15) is 5.60 Å². The molecule has 0 unspecified atom stereocenters. The maximum atomic E-state index is 12.3. The fourth-order valence-corrected chi connectivity index (χ4v) is 3.34. The third-order valence-corrected chi connectivity index (χ3v) is 4.83. The first kappa shape index (κ1) is 22.1. The number of carbonyl (C=O) groups is 1. The predicted octanol–water partition coefficient (Wildman–Crippen LogP) is 0.812. The van der Waals surface area contributed by atoms with E-state index in [9.17, 15) is 21.6 Å². The highest BCUT2D eigenvalue weighted by atomic mass is 32.2. The largest absolute Gasteiger partial charge is 0.444 e. The lowest BCUT2D eigenvalue weighted by Gasteiger charge is -2.29. The lowest BCUT2D eigenvalue weighted by atomic mass is 9.81. The Balaban J connectivity index is 2.93. The van der Waals surface area contributed by atoms with E-state index in [1.165, 1.54) is 4.90 Å². The zero-order chi connectivity index (χ0) is 19.7. The van der Waals surface area contributed by atoms with Crippen molar-refractivity contribution in [2.24, 2.45) is 11.3 Å². The minimum Gasteiger partial charge on any atom is -0.444 e. The molecule has 1 heterocycles. The molecule has 2 atom stereocenters. The summed E-state index contributed by atoms with van der Waals surface area (Å²) in [5.74, 6) is -0.434. The van der Waals surface area contributed by atoms with Crippen LogP contribution >= 0.6 is 0 Å². The van der Waals surface area contributed by atoms with Gasteiger partial charge in [-0.15, -0.1) is 0 Å². The van der Waals surface area contributed by atoms with Crippen LogP contribution in [0.3, 0.4) is 0 Å². The van der Waals surface area contributed by atoms with Gasteiger partial charge in [0, 0.05) is 24.4 Å². The lowest BCUT2D eigenvalue weighted by molar-refractivity contribution is 0.0266. The van der Waals surface area contributed by atoms with Gasteiger partial charge in [0.15, 0.2) is 0 Å². The lowest BCUT2D eigenvalue weighted by Crippen LogP contribution is -2.38. The fraction of sp³-hybridized carbons (Fsp3) is 0.929. The molecule has 0 spiro atoms. The van der Waals surface area contributed by atoms with Gasteiger partial charge in [0.25, 0.3) is 20.2 Å². The molecule has 0 N–H and O–H groups in total. The van der Waals surface area contributed by atoms with Crippen molar-refractivity contribution < 1.29 is 34.7 Å². The van der Waals surface area contributed by atoms with Crippen LogP contribution in [0.25, 0.3) is 0 Å². The van der Waals surface area contributed by atoms with Crippen LogP contribution in [0.15, 0.2) is 0 Å². The Morgan fingerprint density at radius 3 is 2.08 bits per heavy atom. The first-order valence-corrected chi connectivity index (χ1v) is 11.3. The van der Waals surface area contributed by atoms with Gasteiger partial charge >= 0.3 is 6.09 Å². The molecule has 1 rings (SSSR count). The Labute approximate surface area is 149 Å². The number of carbonyl (C=O) groups excluding carboxylic acids is 1. The van der Waals surface area contributed by atoms with E-state index in [2.05, 4.69) is 0 Å². The molecule has 0 saturated carbocycles. The van der Waals surface area contributed by atoms with Crippen molar-refractivity contribution in [1.82, 2.24) is 4.90 Å². The summed E-state index contributed by atoms with van der Waals surface area (Å²) in [6.07, 6.45) is 1.30. The molecule has 0 bridgehead atoms. The van der Waals surface area contributed by atoms with E-state index in [1.54, 1.807) is 27.7 Å². The smallest absolute Gasteiger partial charge is 0.410 e. The normalized spacial score (nSPS) is 25.2. The van der Waals surface area contributed by atoms with Crippen molar-refractivity contribution in [3.63, 3.8) is 0 Å². The Morgan fingerprint density at radius 2 is 1.64 bits per heavy atom. The van der Waals surface area contributed by atoms with E-state index < -0.39 is 43.3 Å². The second-order valence-corrected chi connectivity index (χ2v) is 11.0. The third-order valence-electron chi connectivity index (χ3n) is 3.72. The van der Waals surface area contributed by atoms with Crippen LogP contribution in [-0.4, -0.2) is 72.2 Å². The van der Waals surface area contributed by atoms with Gasteiger partial charge in [-0.05, 0) is 20.8 Å². The van der Waals surface area contributed by atoms with Crippen molar-refractivity contribution in [3.8, 4) is 0 Å². The van der Waals surface area contributed by atoms with E-state index in [-0.39, 0.29) is 26.3 Å². The average Bonchev–Trinajstić information content (AvgIpc) is 2.69. The van der Waals surface area contributed by atoms with E-state index >= 15 is 0 Å². The van der Waals surface area contributed by atoms with Crippen molar-refractivity contribution in [3.05, 3.63) is 0 Å². The number of amides is 1. The molecule has 0 aliphatic carbocycles. The third kappa shape index (κ3) is 7.89. The van der Waals surface area contributed by atoms with Crippen LogP contribution in [0, 0.1) is 11.3 Å². The first-order valence-electron chi connectivity index (χ1n) is 7.67. The zero-order valence-electron chi connectivity index (χ0n) is 15.4. The minimum atomic E-state index is -3.68. The number of ether oxygens (including phenoxy) is 1. The van der Waals surface area contributed by atoms with Gasteiger partial charge in [-0.25, -0.2) is 4.79 Å². The molecule has 0 aromatic carbocycles. The minimum absolute atomic E-state index is 0.162. The van der Waals surface area contributed by atoms with Crippen LogP contribution in [0.1, 0.15) is 27.7 Å². The van der Waals surface area contributed by atoms with Gasteiger partial charge in [-0.2, -0.15) is 16.8 Å². The van der Waals surface area contributed by atoms with Gasteiger partial charge in [0.05, 0.1) is 25.7 Å². The summed E-state index contributed by atoms with van der Waals surface area (Å²) >= 11 is 0. The van der Waals surface area contributed by atoms with Crippen LogP contribution in [0.5, 0.6) is 0 Å². The van der Waals surface area contributed by atoms with Crippen molar-refractivity contribution >= 4 is 26.3 Å². The maximum Gasteiger partial charge on any atom is 0.410 e. The topological polar surface area (TPSA) is 116 Å². The van der Waals surface area contributed by atoms with E-state index in [0.29, 0.717) is 0 Å². The molecule has 0 aromatic rings. The summed E-state index contributed by atoms with van der Waals surface area (Å²) in [4.78, 5) is 13.7. The van der Waals surface area contributed by atoms with Gasteiger partial charge in [-0.3, -0.25) is 8.37 Å². The molecule has 0 radical (unpaired) electrons. The van der Waals surface area contributed by atoms with Crippen molar-refractivity contribution in [2.45, 2.75) is 33.3 Å². The highest BCUT2D eigenvalue weighted by Gasteiger charge is 2.47. The van der Waals surface area contributed by atoms with E-state index in [4.69, 9.17) is 13.1 Å². The van der Waals surface area contributed by atoms with Gasteiger partial charge in [-0.1, -0.05) is 6.92 Å². The van der Waals surface area contributed by atoms with Crippen molar-refractivity contribution in [1.29, 1.82) is 0 Å². The molecule has 25 heavy (non-hydrogen) atoms. The van der Waals surface area contributed by atoms with Crippen molar-refractivity contribution in [2.75, 3.05) is 38.8 Å². The Morgan fingerprint density at radius 1 is 1.12 bits per heavy atom. The second kappa shape index (κ2) is 7.37. The van der Waals surface area contributed by atoms with E-state index in [0.717, 1.165) is 12.5 Å². The van der Waals surface area contributed by atoms with E-state index in [1.807, 2.05) is 0 Å². The number of hydrogen-bond acceptors (Lipinski definition) is 8.